The fourth-order valence-corrected chi connectivity index (χ4v) is 0.853. The number of rotatable bonds is 5. The Morgan fingerprint density at radius 2 is 2.42 bits per heavy atom. The van der Waals surface area contributed by atoms with Gasteiger partial charge in [0.15, 0.2) is 0 Å². The highest BCUT2D eigenvalue weighted by Gasteiger charge is 2.05. The molecule has 0 aromatic carbocycles. The first-order chi connectivity index (χ1) is 5.70. The summed E-state index contributed by atoms with van der Waals surface area (Å²) >= 11 is 0. The number of carbonyl (C=O) groups excluding carboxylic acids is 1. The molecule has 0 spiro atoms. The Bertz CT molecular complexity index is 186. The maximum atomic E-state index is 10.6. The summed E-state index contributed by atoms with van der Waals surface area (Å²) in [4.78, 5) is 13.2. The average Bonchev–Trinajstić information content (AvgIpc) is 2.00. The molecule has 0 bridgehead atoms. The Hall–Kier alpha value is -1.22. The first-order valence-corrected chi connectivity index (χ1v) is 4.02. The molecule has 1 N–H and O–H groups in total. The zero-order chi connectivity index (χ0) is 9.40. The van der Waals surface area contributed by atoms with Crippen molar-refractivity contribution in [2.75, 3.05) is 0 Å². The van der Waals surface area contributed by atoms with E-state index in [1.807, 2.05) is 6.92 Å². The van der Waals surface area contributed by atoms with E-state index in [1.54, 1.807) is 0 Å². The average molecular weight is 170 g/mol. The summed E-state index contributed by atoms with van der Waals surface area (Å²) in [6, 6.07) is 0. The highest BCUT2D eigenvalue weighted by atomic mass is 16.1. The zero-order valence-corrected chi connectivity index (χ0v) is 7.45. The van der Waals surface area contributed by atoms with Crippen LogP contribution in [0.5, 0.6) is 0 Å². The first-order valence-electron chi connectivity index (χ1n) is 4.02. The summed E-state index contributed by atoms with van der Waals surface area (Å²) in [7, 11) is 0. The molecule has 12 heavy (non-hydrogen) atoms. The van der Waals surface area contributed by atoms with Crippen LogP contribution < -0.4 is 5.32 Å². The predicted molar refractivity (Wildman–Crippen MR) is 46.3 cm³/mol. The lowest BCUT2D eigenvalue weighted by molar-refractivity contribution is -0.119. The van der Waals surface area contributed by atoms with E-state index >= 15 is 0 Å². The molecule has 0 aliphatic rings. The van der Waals surface area contributed by atoms with Crippen molar-refractivity contribution in [1.82, 2.24) is 5.32 Å². The molecule has 0 rings (SSSR count). The topological polar surface area (TPSA) is 77.9 Å². The normalized spacial score (nSPS) is 11.5. The molecule has 0 saturated heterocycles. The zero-order valence-electron chi connectivity index (χ0n) is 7.45. The van der Waals surface area contributed by atoms with E-state index in [-0.39, 0.29) is 12.1 Å². The fraction of sp³-hybridized carbons (Fsp3) is 0.857. The maximum absolute atomic E-state index is 10.6. The molecule has 0 saturated carbocycles. The van der Waals surface area contributed by atoms with Crippen LogP contribution in [0.1, 0.15) is 33.1 Å². The van der Waals surface area contributed by atoms with Crippen LogP contribution in [-0.2, 0) is 4.79 Å². The molecule has 1 unspecified atom stereocenters. The van der Waals surface area contributed by atoms with Crippen LogP contribution in [0.25, 0.3) is 10.4 Å². The van der Waals surface area contributed by atoms with E-state index in [2.05, 4.69) is 15.3 Å². The molecule has 0 radical (unpaired) electrons. The third kappa shape index (κ3) is 5.56. The van der Waals surface area contributed by atoms with Crippen LogP contribution in [-0.4, -0.2) is 12.1 Å². The van der Waals surface area contributed by atoms with Crippen molar-refractivity contribution < 1.29 is 4.79 Å². The second kappa shape index (κ2) is 6.49. The molecule has 0 aliphatic heterocycles. The second-order valence-electron chi connectivity index (χ2n) is 2.56. The molecule has 0 aromatic heterocycles. The van der Waals surface area contributed by atoms with E-state index in [0.717, 1.165) is 12.8 Å². The molecule has 0 fully saturated rings. The standard InChI is InChI=1S/C7H14N4O/c1-3-4-5-7(10-11-8)9-6(2)12/h7H,3-5H2,1-2H3,(H,9,12). The van der Waals surface area contributed by atoms with Crippen LogP contribution in [0.4, 0.5) is 0 Å². The van der Waals surface area contributed by atoms with Gasteiger partial charge in [-0.2, -0.15) is 0 Å². The molecule has 5 heteroatoms. The molecule has 68 valence electrons. The molecular formula is C7H14N4O. The minimum atomic E-state index is -0.382. The quantitative estimate of drug-likeness (QED) is 0.382. The van der Waals surface area contributed by atoms with Crippen molar-refractivity contribution in [3.63, 3.8) is 0 Å². The van der Waals surface area contributed by atoms with Crippen molar-refractivity contribution in [2.24, 2.45) is 5.11 Å². The minimum Gasteiger partial charge on any atom is -0.348 e. The number of carbonyl (C=O) groups is 1. The number of hydrogen-bond acceptors (Lipinski definition) is 2. The predicted octanol–water partition coefficient (Wildman–Crippen LogP) is 1.95. The van der Waals surface area contributed by atoms with Crippen molar-refractivity contribution in [3.05, 3.63) is 10.4 Å². The summed E-state index contributed by atoms with van der Waals surface area (Å²) in [5, 5.41) is 6.01. The van der Waals surface area contributed by atoms with E-state index in [1.165, 1.54) is 6.92 Å². The van der Waals surface area contributed by atoms with Gasteiger partial charge in [0.1, 0.15) is 6.17 Å². The lowest BCUT2D eigenvalue weighted by Gasteiger charge is -2.10. The first kappa shape index (κ1) is 10.8. The van der Waals surface area contributed by atoms with Gasteiger partial charge in [-0.1, -0.05) is 24.9 Å². The van der Waals surface area contributed by atoms with E-state index in [4.69, 9.17) is 5.53 Å². The summed E-state index contributed by atoms with van der Waals surface area (Å²) in [5.74, 6) is -0.163. The number of amides is 1. The smallest absolute Gasteiger partial charge is 0.217 e. The Morgan fingerprint density at radius 1 is 1.75 bits per heavy atom. The van der Waals surface area contributed by atoms with Gasteiger partial charge < -0.3 is 5.32 Å². The molecule has 5 nitrogen and oxygen atoms in total. The number of hydrogen-bond donors (Lipinski definition) is 1. The minimum absolute atomic E-state index is 0.163. The van der Waals surface area contributed by atoms with Gasteiger partial charge in [-0.25, -0.2) is 0 Å². The van der Waals surface area contributed by atoms with Crippen molar-refractivity contribution >= 4 is 5.91 Å². The molecule has 0 aliphatic carbocycles. The molecule has 0 heterocycles. The molecule has 1 amide bonds. The van der Waals surface area contributed by atoms with Gasteiger partial charge in [0.05, 0.1) is 0 Å². The number of nitrogens with one attached hydrogen (secondary N) is 1. The van der Waals surface area contributed by atoms with Gasteiger partial charge in [0, 0.05) is 11.8 Å². The summed E-state index contributed by atoms with van der Waals surface area (Å²) in [6.07, 6.45) is 2.30. The van der Waals surface area contributed by atoms with Crippen LogP contribution >= 0.6 is 0 Å². The lowest BCUT2D eigenvalue weighted by Crippen LogP contribution is -2.30. The highest BCUT2D eigenvalue weighted by Crippen LogP contribution is 2.01. The van der Waals surface area contributed by atoms with Gasteiger partial charge >= 0.3 is 0 Å². The van der Waals surface area contributed by atoms with Gasteiger partial charge in [-0.15, -0.1) is 0 Å². The maximum Gasteiger partial charge on any atom is 0.217 e. The SMILES string of the molecule is CCCCC(N=[N+]=[N-])NC(C)=O. The third-order valence-corrected chi connectivity index (χ3v) is 1.39. The summed E-state index contributed by atoms with van der Waals surface area (Å²) < 4.78 is 0. The van der Waals surface area contributed by atoms with Crippen LogP contribution in [0.2, 0.25) is 0 Å². The van der Waals surface area contributed by atoms with Crippen molar-refractivity contribution in [2.45, 2.75) is 39.3 Å². The van der Waals surface area contributed by atoms with Crippen LogP contribution in [0, 0.1) is 0 Å². The molecule has 0 aromatic rings. The number of unbranched alkanes of at least 4 members (excludes halogenated alkanes) is 1. The molecular weight excluding hydrogens is 156 g/mol. The van der Waals surface area contributed by atoms with Gasteiger partial charge in [0.2, 0.25) is 5.91 Å². The Morgan fingerprint density at radius 3 is 2.83 bits per heavy atom. The monoisotopic (exact) mass is 170 g/mol. The van der Waals surface area contributed by atoms with E-state index < -0.39 is 0 Å². The van der Waals surface area contributed by atoms with Crippen LogP contribution in [0.3, 0.4) is 0 Å². The van der Waals surface area contributed by atoms with Gasteiger partial charge in [0.25, 0.3) is 0 Å². The fourth-order valence-electron chi connectivity index (χ4n) is 0.853. The summed E-state index contributed by atoms with van der Waals surface area (Å²) in [6.45, 7) is 3.45. The van der Waals surface area contributed by atoms with Crippen molar-refractivity contribution in [1.29, 1.82) is 0 Å². The van der Waals surface area contributed by atoms with Crippen molar-refractivity contribution in [3.8, 4) is 0 Å². The Balaban J connectivity index is 3.85. The largest absolute Gasteiger partial charge is 0.348 e. The Labute approximate surface area is 71.8 Å². The lowest BCUT2D eigenvalue weighted by atomic mass is 10.2. The van der Waals surface area contributed by atoms with E-state index in [9.17, 15) is 4.79 Å². The van der Waals surface area contributed by atoms with E-state index in [0.29, 0.717) is 6.42 Å². The van der Waals surface area contributed by atoms with Gasteiger partial charge in [-0.05, 0) is 12.0 Å². The number of nitrogens with zero attached hydrogens (tertiary/aromatic N) is 3. The van der Waals surface area contributed by atoms with Gasteiger partial charge in [-0.3, -0.25) is 4.79 Å². The highest BCUT2D eigenvalue weighted by molar-refractivity contribution is 5.73. The van der Waals surface area contributed by atoms with Crippen LogP contribution in [0.15, 0.2) is 5.11 Å². The second-order valence-corrected chi connectivity index (χ2v) is 2.56. The third-order valence-electron chi connectivity index (χ3n) is 1.39. The summed E-state index contributed by atoms with van der Waals surface area (Å²) in [5.41, 5.74) is 8.16. The number of azide groups is 1. The Kier molecular flexibility index (Phi) is 5.83. The molecule has 1 atom stereocenters.